The van der Waals surface area contributed by atoms with Crippen molar-refractivity contribution in [2.75, 3.05) is 6.54 Å². The van der Waals surface area contributed by atoms with Gasteiger partial charge in [0.2, 0.25) is 5.91 Å². The molecule has 0 saturated heterocycles. The number of carbonyl (C=O) groups excluding carboxylic acids is 2. The van der Waals surface area contributed by atoms with Crippen molar-refractivity contribution in [2.45, 2.75) is 51.9 Å². The Morgan fingerprint density at radius 2 is 1.83 bits per heavy atom. The number of ether oxygens (including phenoxy) is 1. The van der Waals surface area contributed by atoms with Gasteiger partial charge in [0.1, 0.15) is 11.6 Å². The van der Waals surface area contributed by atoms with Crippen molar-refractivity contribution in [2.24, 2.45) is 0 Å². The molecule has 2 atom stereocenters. The number of hydrogen-bond donors (Lipinski definition) is 3. The second kappa shape index (κ2) is 8.53. The molecule has 2 unspecified atom stereocenters. The molecule has 0 aliphatic carbocycles. The fraction of sp³-hybridized carbons (Fsp3) is 0.529. The third-order valence-electron chi connectivity index (χ3n) is 2.86. The minimum absolute atomic E-state index is 0.125. The molecule has 1 rings (SSSR count). The van der Waals surface area contributed by atoms with Crippen molar-refractivity contribution >= 4 is 12.0 Å². The molecule has 0 spiro atoms. The summed E-state index contributed by atoms with van der Waals surface area (Å²) in [7, 11) is 0. The highest BCUT2D eigenvalue weighted by molar-refractivity contribution is 5.86. The lowest BCUT2D eigenvalue weighted by Crippen LogP contribution is -2.50. The highest BCUT2D eigenvalue weighted by Gasteiger charge is 2.24. The van der Waals surface area contributed by atoms with Crippen LogP contribution in [0.4, 0.5) is 4.79 Å². The Bertz CT molecular complexity index is 509. The lowest BCUT2D eigenvalue weighted by Gasteiger charge is -2.23. The zero-order valence-corrected chi connectivity index (χ0v) is 14.1. The molecule has 1 aromatic carbocycles. The number of aliphatic hydroxyl groups is 1. The molecule has 0 aliphatic heterocycles. The molecule has 0 aliphatic rings. The van der Waals surface area contributed by atoms with Gasteiger partial charge in [-0.15, -0.1) is 0 Å². The van der Waals surface area contributed by atoms with E-state index in [1.54, 1.807) is 27.7 Å². The number of nitrogens with one attached hydrogen (secondary N) is 2. The first kappa shape index (κ1) is 19.0. The van der Waals surface area contributed by atoms with Crippen LogP contribution in [0.15, 0.2) is 30.3 Å². The molecule has 2 amide bonds. The number of benzene rings is 1. The molecule has 6 heteroatoms. The molecule has 23 heavy (non-hydrogen) atoms. The minimum atomic E-state index is -0.772. The topological polar surface area (TPSA) is 87.7 Å². The summed E-state index contributed by atoms with van der Waals surface area (Å²) in [6.07, 6.45) is -0.963. The Balaban J connectivity index is 2.75. The maximum atomic E-state index is 12.3. The molecule has 128 valence electrons. The van der Waals surface area contributed by atoms with Crippen LogP contribution in [0.3, 0.4) is 0 Å². The summed E-state index contributed by atoms with van der Waals surface area (Å²) in [6.45, 7) is 6.97. The van der Waals surface area contributed by atoms with Crippen molar-refractivity contribution < 1.29 is 19.4 Å². The second-order valence-electron chi connectivity index (χ2n) is 6.48. The van der Waals surface area contributed by atoms with E-state index in [0.29, 0.717) is 6.42 Å². The second-order valence-corrected chi connectivity index (χ2v) is 6.48. The van der Waals surface area contributed by atoms with E-state index in [0.717, 1.165) is 5.56 Å². The molecule has 0 aromatic heterocycles. The minimum Gasteiger partial charge on any atom is -0.444 e. The van der Waals surface area contributed by atoms with Gasteiger partial charge in [-0.1, -0.05) is 30.3 Å². The van der Waals surface area contributed by atoms with Crippen LogP contribution in [0.2, 0.25) is 0 Å². The van der Waals surface area contributed by atoms with Crippen molar-refractivity contribution in [3.8, 4) is 0 Å². The Labute approximate surface area is 137 Å². The zero-order chi connectivity index (χ0) is 17.5. The maximum Gasteiger partial charge on any atom is 0.408 e. The Morgan fingerprint density at radius 1 is 1.22 bits per heavy atom. The number of hydrogen-bond acceptors (Lipinski definition) is 4. The van der Waals surface area contributed by atoms with Crippen LogP contribution in [0.5, 0.6) is 0 Å². The molecule has 3 N–H and O–H groups in total. The quantitative estimate of drug-likeness (QED) is 0.742. The Hall–Kier alpha value is -2.08. The monoisotopic (exact) mass is 322 g/mol. The van der Waals surface area contributed by atoms with Gasteiger partial charge in [0, 0.05) is 13.0 Å². The number of alkyl carbamates (subject to hydrolysis) is 1. The average Bonchev–Trinajstić information content (AvgIpc) is 2.43. The fourth-order valence-corrected chi connectivity index (χ4v) is 1.88. The summed E-state index contributed by atoms with van der Waals surface area (Å²) < 4.78 is 5.20. The number of amides is 2. The van der Waals surface area contributed by atoms with Crippen LogP contribution < -0.4 is 10.6 Å². The molecule has 0 fully saturated rings. The van der Waals surface area contributed by atoms with Gasteiger partial charge >= 0.3 is 6.09 Å². The van der Waals surface area contributed by atoms with Crippen molar-refractivity contribution in [1.29, 1.82) is 0 Å². The predicted molar refractivity (Wildman–Crippen MR) is 88.0 cm³/mol. The van der Waals surface area contributed by atoms with Gasteiger partial charge in [-0.25, -0.2) is 4.79 Å². The SMILES string of the molecule is CC(O)CNC(=O)C(Cc1ccccc1)NC(=O)OC(C)(C)C. The molecule has 0 radical (unpaired) electrons. The van der Waals surface area contributed by atoms with Gasteiger partial charge in [0.25, 0.3) is 0 Å². The van der Waals surface area contributed by atoms with Crippen molar-refractivity contribution in [1.82, 2.24) is 10.6 Å². The van der Waals surface area contributed by atoms with E-state index in [9.17, 15) is 14.7 Å². The summed E-state index contributed by atoms with van der Waals surface area (Å²) in [5.41, 5.74) is 0.276. The summed E-state index contributed by atoms with van der Waals surface area (Å²) in [6, 6.07) is 8.61. The largest absolute Gasteiger partial charge is 0.444 e. The van der Waals surface area contributed by atoms with E-state index < -0.39 is 23.8 Å². The Kier molecular flexibility index (Phi) is 7.03. The van der Waals surface area contributed by atoms with E-state index in [1.807, 2.05) is 30.3 Å². The van der Waals surface area contributed by atoms with Gasteiger partial charge in [-0.2, -0.15) is 0 Å². The first-order valence-electron chi connectivity index (χ1n) is 7.66. The maximum absolute atomic E-state index is 12.3. The highest BCUT2D eigenvalue weighted by Crippen LogP contribution is 2.08. The molecule has 6 nitrogen and oxygen atoms in total. The van der Waals surface area contributed by atoms with E-state index in [4.69, 9.17) is 4.74 Å². The third kappa shape index (κ3) is 8.21. The smallest absolute Gasteiger partial charge is 0.408 e. The van der Waals surface area contributed by atoms with Crippen LogP contribution in [0.25, 0.3) is 0 Å². The lowest BCUT2D eigenvalue weighted by molar-refractivity contribution is -0.123. The van der Waals surface area contributed by atoms with Crippen LogP contribution in [0.1, 0.15) is 33.3 Å². The predicted octanol–water partition coefficient (Wildman–Crippen LogP) is 1.62. The van der Waals surface area contributed by atoms with Crippen LogP contribution in [-0.4, -0.2) is 41.4 Å². The number of aliphatic hydroxyl groups excluding tert-OH is 1. The van der Waals surface area contributed by atoms with E-state index in [1.165, 1.54) is 0 Å². The normalized spacial score (nSPS) is 13.8. The van der Waals surface area contributed by atoms with Gasteiger partial charge in [0.15, 0.2) is 0 Å². The van der Waals surface area contributed by atoms with Gasteiger partial charge in [-0.05, 0) is 33.3 Å². The first-order chi connectivity index (χ1) is 10.7. The van der Waals surface area contributed by atoms with E-state index in [-0.39, 0.29) is 12.5 Å². The number of carbonyl (C=O) groups is 2. The fourth-order valence-electron chi connectivity index (χ4n) is 1.88. The molecule has 0 bridgehead atoms. The van der Waals surface area contributed by atoms with Crippen LogP contribution in [0, 0.1) is 0 Å². The van der Waals surface area contributed by atoms with E-state index in [2.05, 4.69) is 10.6 Å². The van der Waals surface area contributed by atoms with Gasteiger partial charge < -0.3 is 20.5 Å². The van der Waals surface area contributed by atoms with Crippen molar-refractivity contribution in [3.63, 3.8) is 0 Å². The molecular formula is C17H26N2O4. The van der Waals surface area contributed by atoms with E-state index >= 15 is 0 Å². The summed E-state index contributed by atoms with van der Waals surface area (Å²) >= 11 is 0. The van der Waals surface area contributed by atoms with Crippen LogP contribution in [-0.2, 0) is 16.0 Å². The molecular weight excluding hydrogens is 296 g/mol. The third-order valence-corrected chi connectivity index (χ3v) is 2.86. The number of rotatable bonds is 6. The Morgan fingerprint density at radius 3 is 2.35 bits per heavy atom. The van der Waals surface area contributed by atoms with Crippen molar-refractivity contribution in [3.05, 3.63) is 35.9 Å². The summed E-state index contributed by atoms with van der Waals surface area (Å²) in [5.74, 6) is -0.361. The molecule has 1 aromatic rings. The average molecular weight is 322 g/mol. The van der Waals surface area contributed by atoms with Gasteiger partial charge in [-0.3, -0.25) is 4.79 Å². The first-order valence-corrected chi connectivity index (χ1v) is 7.66. The standard InChI is InChI=1S/C17H26N2O4/c1-12(20)11-18-15(21)14(10-13-8-6-5-7-9-13)19-16(22)23-17(2,3)4/h5-9,12,14,20H,10-11H2,1-4H3,(H,18,21)(H,19,22). The zero-order valence-electron chi connectivity index (χ0n) is 14.1. The molecule has 0 saturated carbocycles. The highest BCUT2D eigenvalue weighted by atomic mass is 16.6. The van der Waals surface area contributed by atoms with Gasteiger partial charge in [0.05, 0.1) is 6.10 Å². The van der Waals surface area contributed by atoms with Crippen LogP contribution >= 0.6 is 0 Å². The summed E-state index contributed by atoms with van der Waals surface area (Å²) in [4.78, 5) is 24.2. The summed E-state index contributed by atoms with van der Waals surface area (Å²) in [5, 5.41) is 14.5. The molecule has 0 heterocycles. The lowest BCUT2D eigenvalue weighted by atomic mass is 10.1.